The molecule has 0 amide bonds. The largest absolute Gasteiger partial charge is 0.333 e. The summed E-state index contributed by atoms with van der Waals surface area (Å²) in [6.07, 6.45) is 1.30. The number of hydrogen-bond acceptors (Lipinski definition) is 3. The molecule has 3 aromatic heterocycles. The maximum absolute atomic E-state index is 7.28. The summed E-state index contributed by atoms with van der Waals surface area (Å²) in [5, 5.41) is 4.84. The second-order valence-corrected chi connectivity index (χ2v) is 13.8. The molecule has 3 nitrogen and oxygen atoms in total. The molecule has 0 saturated carbocycles. The minimum absolute atomic E-state index is 0. The van der Waals surface area contributed by atoms with Crippen molar-refractivity contribution in [3.05, 3.63) is 161 Å². The van der Waals surface area contributed by atoms with Gasteiger partial charge in [-0.2, -0.15) is 0 Å². The maximum atomic E-state index is 7.28. The van der Waals surface area contributed by atoms with Crippen molar-refractivity contribution >= 4 is 32.5 Å². The van der Waals surface area contributed by atoms with Crippen LogP contribution < -0.4 is 0 Å². The first-order valence-electron chi connectivity index (χ1n) is 19.8. The van der Waals surface area contributed by atoms with Gasteiger partial charge in [0.1, 0.15) is 0 Å². The molecular weight excluding hydrogens is 819 g/mol. The number of nitrogens with zero attached hydrogens (tertiary/aromatic N) is 3. The fourth-order valence-corrected chi connectivity index (χ4v) is 7.10. The van der Waals surface area contributed by atoms with Gasteiger partial charge in [0.25, 0.3) is 0 Å². The van der Waals surface area contributed by atoms with Crippen LogP contribution in [0.3, 0.4) is 0 Å². The molecule has 0 unspecified atom stereocenters. The van der Waals surface area contributed by atoms with Gasteiger partial charge in [-0.15, -0.1) is 40.8 Å². The van der Waals surface area contributed by atoms with Crippen molar-refractivity contribution in [1.29, 1.82) is 0 Å². The van der Waals surface area contributed by atoms with Crippen LogP contribution in [0.1, 0.15) is 70.0 Å². The van der Waals surface area contributed by atoms with E-state index in [0.717, 1.165) is 22.4 Å². The normalized spacial score (nSPS) is 13.4. The van der Waals surface area contributed by atoms with Gasteiger partial charge in [-0.25, -0.2) is 0 Å². The fraction of sp³-hybridized carbons (Fsp3) is 0.174. The van der Waals surface area contributed by atoms with Crippen LogP contribution >= 0.6 is 11.3 Å². The molecule has 0 saturated heterocycles. The predicted molar refractivity (Wildman–Crippen MR) is 212 cm³/mol. The second-order valence-electron chi connectivity index (χ2n) is 12.9. The minimum Gasteiger partial charge on any atom is -0.333 e. The van der Waals surface area contributed by atoms with Gasteiger partial charge in [0.05, 0.1) is 16.9 Å². The third kappa shape index (κ3) is 7.53. The molecule has 5 heteroatoms. The van der Waals surface area contributed by atoms with Gasteiger partial charge < -0.3 is 9.55 Å². The number of fused-ring (bicyclic) bond motifs is 2. The van der Waals surface area contributed by atoms with E-state index in [1.165, 1.54) is 62.4 Å². The van der Waals surface area contributed by atoms with Crippen LogP contribution in [0.4, 0.5) is 0 Å². The molecule has 8 aromatic rings. The summed E-state index contributed by atoms with van der Waals surface area (Å²) in [5.41, 5.74) is 11.1. The molecule has 1 radical (unpaired) electrons. The van der Waals surface area contributed by atoms with Gasteiger partial charge in [0, 0.05) is 40.2 Å². The number of pyridine rings is 1. The Morgan fingerprint density at radius 2 is 1.45 bits per heavy atom. The summed E-state index contributed by atoms with van der Waals surface area (Å²) in [7, 11) is 0. The molecule has 5 aromatic carbocycles. The zero-order valence-corrected chi connectivity index (χ0v) is 32.1. The molecule has 8 rings (SSSR count). The van der Waals surface area contributed by atoms with Crippen molar-refractivity contribution in [3.8, 4) is 39.5 Å². The average Bonchev–Trinajstić information content (AvgIpc) is 3.78. The van der Waals surface area contributed by atoms with Gasteiger partial charge in [-0.1, -0.05) is 141 Å². The van der Waals surface area contributed by atoms with Crippen LogP contribution in [-0.2, 0) is 20.1 Å². The SMILES string of the molecule is CC(C)c1cccc(C(C)C)c1-n1c(-c2[c-]sc3ccc(-c4ccccc4)cc23)nc2ccccc21.[2H]C([2H])([2H])c1c[c-]c(-c2ccc(C([2H])([2H])[2H])cn2)cc1.[Ir]. The van der Waals surface area contributed by atoms with Crippen molar-refractivity contribution in [1.82, 2.24) is 14.5 Å². The van der Waals surface area contributed by atoms with E-state index in [0.29, 0.717) is 23.1 Å². The first kappa shape index (κ1) is 29.0. The van der Waals surface area contributed by atoms with E-state index in [1.807, 2.05) is 0 Å². The first-order valence-corrected chi connectivity index (χ1v) is 17.6. The smallest absolute Gasteiger partial charge is 0.0774 e. The van der Waals surface area contributed by atoms with E-state index in [2.05, 4.69) is 140 Å². The first-order chi connectivity index (χ1) is 26.7. The quantitative estimate of drug-likeness (QED) is 0.156. The van der Waals surface area contributed by atoms with E-state index in [1.54, 1.807) is 23.5 Å². The van der Waals surface area contributed by atoms with Crippen LogP contribution in [0.25, 0.3) is 60.6 Å². The Hall–Kier alpha value is -4.67. The van der Waals surface area contributed by atoms with Crippen LogP contribution in [0.2, 0.25) is 0 Å². The van der Waals surface area contributed by atoms with Gasteiger partial charge in [0.2, 0.25) is 0 Å². The van der Waals surface area contributed by atoms with Crippen molar-refractivity contribution in [2.45, 2.75) is 53.2 Å². The number of imidazole rings is 1. The van der Waals surface area contributed by atoms with E-state index >= 15 is 0 Å². The van der Waals surface area contributed by atoms with Crippen molar-refractivity contribution in [3.63, 3.8) is 0 Å². The fourth-order valence-electron chi connectivity index (χ4n) is 6.28. The van der Waals surface area contributed by atoms with E-state index in [9.17, 15) is 0 Å². The Morgan fingerprint density at radius 1 is 0.725 bits per heavy atom. The average molecular weight is 866 g/mol. The third-order valence-corrected chi connectivity index (χ3v) is 9.70. The van der Waals surface area contributed by atoms with Crippen molar-refractivity contribution in [2.24, 2.45) is 0 Å². The van der Waals surface area contributed by atoms with E-state index in [4.69, 9.17) is 13.2 Å². The van der Waals surface area contributed by atoms with Gasteiger partial charge in [-0.05, 0) is 64.3 Å². The van der Waals surface area contributed by atoms with Crippen molar-refractivity contribution < 1.29 is 28.3 Å². The molecular formula is C46H41IrN3S-2. The van der Waals surface area contributed by atoms with Crippen LogP contribution in [0.15, 0.2) is 128 Å². The molecule has 3 heterocycles. The van der Waals surface area contributed by atoms with E-state index in [-0.39, 0.29) is 31.2 Å². The predicted octanol–water partition coefficient (Wildman–Crippen LogP) is 12.8. The molecule has 0 atom stereocenters. The molecule has 0 fully saturated rings. The number of aromatic nitrogens is 3. The number of aryl methyl sites for hydroxylation is 2. The topological polar surface area (TPSA) is 30.7 Å². The zero-order chi connectivity index (χ0) is 39.8. The number of rotatable bonds is 6. The molecule has 0 spiro atoms. The maximum Gasteiger partial charge on any atom is 0.0774 e. The number of para-hydroxylation sites is 3. The molecule has 0 aliphatic heterocycles. The second kappa shape index (κ2) is 15.7. The van der Waals surface area contributed by atoms with Gasteiger partial charge in [-0.3, -0.25) is 16.3 Å². The Balaban J connectivity index is 0.000000223. The van der Waals surface area contributed by atoms with Crippen LogP contribution in [0, 0.1) is 25.2 Å². The number of thiophene rings is 1. The molecule has 0 aliphatic carbocycles. The summed E-state index contributed by atoms with van der Waals surface area (Å²) in [6, 6.07) is 43.0. The molecule has 51 heavy (non-hydrogen) atoms. The molecule has 0 aliphatic rings. The number of benzene rings is 5. The standard InChI is InChI=1S/C33H29N2S.C13H12N.Ir/c1-21(2)25-13-10-14-26(22(3)4)32(25)35-30-16-9-8-15-29(30)34-33(35)28-20-36-31-18-17-24(19-27(28)31)23-11-6-5-7-12-23;1-10-3-6-12(7-4-10)13-8-5-11(2)9-14-13;/h5-19,21-22H,1-4H3;3-6,8-9H,1-2H3;/q2*-1;/i;1D3,2D3;. The zero-order valence-electron chi connectivity index (χ0n) is 34.9. The summed E-state index contributed by atoms with van der Waals surface area (Å²) in [4.78, 5) is 9.30. The summed E-state index contributed by atoms with van der Waals surface area (Å²) >= 11 is 1.67. The van der Waals surface area contributed by atoms with Gasteiger partial charge in [0.15, 0.2) is 0 Å². The molecule has 257 valence electrons. The summed E-state index contributed by atoms with van der Waals surface area (Å²) in [5.74, 6) is 1.74. The molecule has 0 bridgehead atoms. The Kier molecular flexibility index (Phi) is 8.92. The number of hydrogen-bond donors (Lipinski definition) is 0. The molecule has 0 N–H and O–H groups in total. The summed E-state index contributed by atoms with van der Waals surface area (Å²) in [6.45, 7) is 4.77. The van der Waals surface area contributed by atoms with Crippen LogP contribution in [-0.4, -0.2) is 14.5 Å². The minimum atomic E-state index is -2.18. The Bertz CT molecular complexity index is 2530. The Morgan fingerprint density at radius 3 is 2.12 bits per heavy atom. The Labute approximate surface area is 327 Å². The van der Waals surface area contributed by atoms with E-state index < -0.39 is 13.7 Å². The monoisotopic (exact) mass is 866 g/mol. The summed E-state index contributed by atoms with van der Waals surface area (Å²) < 4.78 is 47.3. The van der Waals surface area contributed by atoms with Gasteiger partial charge >= 0.3 is 0 Å². The van der Waals surface area contributed by atoms with Crippen LogP contribution in [0.5, 0.6) is 0 Å². The van der Waals surface area contributed by atoms with Crippen molar-refractivity contribution in [2.75, 3.05) is 0 Å². The third-order valence-electron chi connectivity index (χ3n) is 8.82.